The molecule has 1 aromatic heterocycles. The standard InChI is InChI=1S/C28H40N4O4S2/c1-4-15-32(16-5-2)38(35,36)22-12-10-21(11-13-22)26(33)29-27-25(28(34)31-17-8-7-9-18-31)23-14-19-30(6-3)20-24(23)37-27/h10-13H,4-9,14-20H2,1-3H3,(H,29,33). The highest BCUT2D eigenvalue weighted by Gasteiger charge is 2.31. The van der Waals surface area contributed by atoms with E-state index in [0.717, 1.165) is 81.7 Å². The second-order valence-electron chi connectivity index (χ2n) is 10.1. The number of carbonyl (C=O) groups is 2. The second-order valence-corrected chi connectivity index (χ2v) is 13.1. The normalized spacial score (nSPS) is 16.5. The topological polar surface area (TPSA) is 90.0 Å². The lowest BCUT2D eigenvalue weighted by molar-refractivity contribution is 0.0724. The van der Waals surface area contributed by atoms with E-state index < -0.39 is 10.0 Å². The van der Waals surface area contributed by atoms with Crippen LogP contribution in [-0.4, -0.2) is 73.6 Å². The number of likely N-dealkylation sites (N-methyl/N-ethyl adjacent to an activating group) is 1. The molecule has 1 saturated heterocycles. The Morgan fingerprint density at radius 3 is 2.24 bits per heavy atom. The van der Waals surface area contributed by atoms with Crippen molar-refractivity contribution in [1.82, 2.24) is 14.1 Å². The van der Waals surface area contributed by atoms with Crippen molar-refractivity contribution in [3.8, 4) is 0 Å². The van der Waals surface area contributed by atoms with Gasteiger partial charge < -0.3 is 10.2 Å². The first-order chi connectivity index (χ1) is 18.3. The Kier molecular flexibility index (Phi) is 9.62. The van der Waals surface area contributed by atoms with Crippen molar-refractivity contribution in [2.24, 2.45) is 0 Å². The number of nitrogens with zero attached hydrogens (tertiary/aromatic N) is 3. The summed E-state index contributed by atoms with van der Waals surface area (Å²) in [5, 5.41) is 3.61. The highest BCUT2D eigenvalue weighted by molar-refractivity contribution is 7.89. The fourth-order valence-electron chi connectivity index (χ4n) is 5.25. The van der Waals surface area contributed by atoms with E-state index in [1.54, 1.807) is 12.1 Å². The number of piperidine rings is 1. The molecule has 10 heteroatoms. The Morgan fingerprint density at radius 2 is 1.63 bits per heavy atom. The van der Waals surface area contributed by atoms with Gasteiger partial charge in [0.2, 0.25) is 10.0 Å². The van der Waals surface area contributed by atoms with E-state index in [2.05, 4.69) is 17.1 Å². The third-order valence-corrected chi connectivity index (χ3v) is 10.4. The summed E-state index contributed by atoms with van der Waals surface area (Å²) >= 11 is 1.49. The van der Waals surface area contributed by atoms with Crippen LogP contribution in [0.25, 0.3) is 0 Å². The lowest BCUT2D eigenvalue weighted by Gasteiger charge is -2.29. The molecule has 4 rings (SSSR count). The molecule has 0 unspecified atom stereocenters. The Labute approximate surface area is 231 Å². The summed E-state index contributed by atoms with van der Waals surface area (Å²) in [6, 6.07) is 6.11. The summed E-state index contributed by atoms with van der Waals surface area (Å²) < 4.78 is 27.7. The van der Waals surface area contributed by atoms with Crippen LogP contribution < -0.4 is 5.32 Å². The van der Waals surface area contributed by atoms with Crippen LogP contribution in [0.3, 0.4) is 0 Å². The van der Waals surface area contributed by atoms with Crippen molar-refractivity contribution in [2.75, 3.05) is 44.6 Å². The number of amides is 2. The van der Waals surface area contributed by atoms with Crippen LogP contribution in [0, 0.1) is 0 Å². The second kappa shape index (κ2) is 12.7. The fourth-order valence-corrected chi connectivity index (χ4v) is 8.15. The average molecular weight is 561 g/mol. The molecule has 0 bridgehead atoms. The monoisotopic (exact) mass is 560 g/mol. The van der Waals surface area contributed by atoms with Gasteiger partial charge in [-0.1, -0.05) is 20.8 Å². The summed E-state index contributed by atoms with van der Waals surface area (Å²) in [6.45, 7) is 11.1. The zero-order chi connectivity index (χ0) is 27.3. The van der Waals surface area contributed by atoms with Crippen molar-refractivity contribution in [2.45, 2.75) is 70.7 Å². The SMILES string of the molecule is CCCN(CCC)S(=O)(=O)c1ccc(C(=O)Nc2sc3c(c2C(=O)N2CCCCC2)CCN(CC)C3)cc1. The first kappa shape index (κ1) is 28.7. The van der Waals surface area contributed by atoms with Crippen LogP contribution >= 0.6 is 11.3 Å². The van der Waals surface area contributed by atoms with Crippen molar-refractivity contribution in [1.29, 1.82) is 0 Å². The van der Waals surface area contributed by atoms with Crippen LogP contribution in [0.2, 0.25) is 0 Å². The Balaban J connectivity index is 1.58. The minimum absolute atomic E-state index is 0.0100. The summed E-state index contributed by atoms with van der Waals surface area (Å²) in [5.74, 6) is -0.331. The number of anilines is 1. The maximum Gasteiger partial charge on any atom is 0.257 e. The van der Waals surface area contributed by atoms with Crippen molar-refractivity contribution in [3.05, 3.63) is 45.8 Å². The molecule has 1 aromatic carbocycles. The summed E-state index contributed by atoms with van der Waals surface area (Å²) in [5.41, 5.74) is 2.07. The van der Waals surface area contributed by atoms with Gasteiger partial charge in [0.05, 0.1) is 10.5 Å². The molecule has 2 aromatic rings. The molecule has 2 aliphatic rings. The first-order valence-electron chi connectivity index (χ1n) is 13.9. The van der Waals surface area contributed by atoms with Gasteiger partial charge in [0.15, 0.2) is 0 Å². The van der Waals surface area contributed by atoms with Gasteiger partial charge >= 0.3 is 0 Å². The van der Waals surface area contributed by atoms with Crippen LogP contribution in [0.5, 0.6) is 0 Å². The van der Waals surface area contributed by atoms with Gasteiger partial charge in [0.25, 0.3) is 11.8 Å². The van der Waals surface area contributed by atoms with Crippen molar-refractivity contribution in [3.63, 3.8) is 0 Å². The molecule has 1 fully saturated rings. The number of hydrogen-bond donors (Lipinski definition) is 1. The maximum absolute atomic E-state index is 13.6. The number of likely N-dealkylation sites (tertiary alicyclic amines) is 1. The van der Waals surface area contributed by atoms with E-state index in [9.17, 15) is 18.0 Å². The van der Waals surface area contributed by atoms with Crippen LogP contribution in [0.15, 0.2) is 29.2 Å². The smallest absolute Gasteiger partial charge is 0.257 e. The first-order valence-corrected chi connectivity index (χ1v) is 16.1. The summed E-state index contributed by atoms with van der Waals surface area (Å²) in [4.78, 5) is 32.5. The molecule has 3 heterocycles. The number of sulfonamides is 1. The van der Waals surface area contributed by atoms with E-state index in [1.165, 1.54) is 27.8 Å². The number of carbonyl (C=O) groups excluding carboxylic acids is 2. The Bertz CT molecular complexity index is 1230. The van der Waals surface area contributed by atoms with Gasteiger partial charge in [0, 0.05) is 49.7 Å². The number of hydrogen-bond acceptors (Lipinski definition) is 6. The fraction of sp³-hybridized carbons (Fsp3) is 0.571. The quantitative estimate of drug-likeness (QED) is 0.450. The zero-order valence-corrected chi connectivity index (χ0v) is 24.4. The molecule has 0 radical (unpaired) electrons. The molecule has 8 nitrogen and oxygen atoms in total. The zero-order valence-electron chi connectivity index (χ0n) is 22.8. The summed E-state index contributed by atoms with van der Waals surface area (Å²) in [6.07, 6.45) is 5.42. The van der Waals surface area contributed by atoms with E-state index in [1.807, 2.05) is 18.7 Å². The highest BCUT2D eigenvalue weighted by Crippen LogP contribution is 2.38. The average Bonchev–Trinajstić information content (AvgIpc) is 3.29. The van der Waals surface area contributed by atoms with Gasteiger partial charge in [-0.3, -0.25) is 14.5 Å². The third-order valence-electron chi connectivity index (χ3n) is 7.37. The molecule has 2 amide bonds. The van der Waals surface area contributed by atoms with E-state index in [-0.39, 0.29) is 16.7 Å². The summed E-state index contributed by atoms with van der Waals surface area (Å²) in [7, 11) is -3.62. The maximum atomic E-state index is 13.6. The van der Waals surface area contributed by atoms with Gasteiger partial charge in [-0.25, -0.2) is 8.42 Å². The highest BCUT2D eigenvalue weighted by atomic mass is 32.2. The van der Waals surface area contributed by atoms with Crippen molar-refractivity contribution < 1.29 is 18.0 Å². The van der Waals surface area contributed by atoms with E-state index in [4.69, 9.17) is 0 Å². The van der Waals surface area contributed by atoms with Crippen LogP contribution in [-0.2, 0) is 23.0 Å². The lowest BCUT2D eigenvalue weighted by Crippen LogP contribution is -2.37. The van der Waals surface area contributed by atoms with E-state index >= 15 is 0 Å². The number of nitrogens with one attached hydrogen (secondary N) is 1. The number of benzene rings is 1. The molecule has 0 aliphatic carbocycles. The van der Waals surface area contributed by atoms with E-state index in [0.29, 0.717) is 29.2 Å². The minimum Gasteiger partial charge on any atom is -0.339 e. The Morgan fingerprint density at radius 1 is 0.974 bits per heavy atom. The lowest BCUT2D eigenvalue weighted by atomic mass is 10.0. The third kappa shape index (κ3) is 6.14. The largest absolute Gasteiger partial charge is 0.339 e. The van der Waals surface area contributed by atoms with Gasteiger partial charge in [-0.2, -0.15) is 4.31 Å². The van der Waals surface area contributed by atoms with Crippen LogP contribution in [0.1, 0.15) is 84.0 Å². The predicted octanol–water partition coefficient (Wildman–Crippen LogP) is 4.82. The van der Waals surface area contributed by atoms with Gasteiger partial charge in [-0.15, -0.1) is 11.3 Å². The predicted molar refractivity (Wildman–Crippen MR) is 152 cm³/mol. The number of rotatable bonds is 10. The number of fused-ring (bicyclic) bond motifs is 1. The molecule has 0 atom stereocenters. The van der Waals surface area contributed by atoms with Gasteiger partial charge in [-0.05, 0) is 74.9 Å². The molecule has 2 aliphatic heterocycles. The number of thiophene rings is 1. The molecule has 38 heavy (non-hydrogen) atoms. The molecule has 0 spiro atoms. The van der Waals surface area contributed by atoms with Crippen LogP contribution in [0.4, 0.5) is 5.00 Å². The molecular formula is C28H40N4O4S2. The molecule has 208 valence electrons. The molecule has 0 saturated carbocycles. The van der Waals surface area contributed by atoms with Gasteiger partial charge in [0.1, 0.15) is 5.00 Å². The molecule has 1 N–H and O–H groups in total. The minimum atomic E-state index is -3.62. The molecular weight excluding hydrogens is 520 g/mol. The van der Waals surface area contributed by atoms with Crippen molar-refractivity contribution >= 4 is 38.2 Å². The Hall–Kier alpha value is -2.27.